The lowest BCUT2D eigenvalue weighted by molar-refractivity contribution is -0.119. The number of halogens is 1. The molecule has 0 fully saturated rings. The lowest BCUT2D eigenvalue weighted by Crippen LogP contribution is -2.41. The number of rotatable bonds is 10. The van der Waals surface area contributed by atoms with Crippen LogP contribution in [0.2, 0.25) is 0 Å². The second kappa shape index (κ2) is 11.5. The van der Waals surface area contributed by atoms with Crippen LogP contribution in [0.1, 0.15) is 19.4 Å². The fraction of sp³-hybridized carbons (Fsp3) is 0.333. The first-order valence-corrected chi connectivity index (χ1v) is 9.40. The van der Waals surface area contributed by atoms with Gasteiger partial charge in [-0.05, 0) is 43.7 Å². The average Bonchev–Trinajstić information content (AvgIpc) is 2.69. The second-order valence-corrected chi connectivity index (χ2v) is 6.36. The summed E-state index contributed by atoms with van der Waals surface area (Å²) in [4.78, 5) is 15.4. The topological polar surface area (TPSA) is 98.0 Å². The zero-order valence-corrected chi connectivity index (χ0v) is 16.7. The van der Waals surface area contributed by atoms with Crippen LogP contribution >= 0.6 is 0 Å². The van der Waals surface area contributed by atoms with E-state index in [1.54, 1.807) is 18.2 Å². The summed E-state index contributed by atoms with van der Waals surface area (Å²) in [6.45, 7) is 5.31. The predicted molar refractivity (Wildman–Crippen MR) is 110 cm³/mol. The number of nitrogens with two attached hydrogens (primary N) is 1. The monoisotopic (exact) mass is 402 g/mol. The van der Waals surface area contributed by atoms with Gasteiger partial charge in [-0.2, -0.15) is 0 Å². The van der Waals surface area contributed by atoms with Crippen LogP contribution in [0.3, 0.4) is 0 Å². The summed E-state index contributed by atoms with van der Waals surface area (Å²) in [7, 11) is 0. The number of aliphatic imine (C=N–C) groups is 1. The number of nitrogens with one attached hydrogen (secondary N) is 2. The molecular weight excluding hydrogens is 375 g/mol. The van der Waals surface area contributed by atoms with Gasteiger partial charge in [-0.15, -0.1) is 0 Å². The van der Waals surface area contributed by atoms with E-state index in [0.29, 0.717) is 37.1 Å². The standard InChI is InChI=1S/C21H27FN4O3/c1-3-24-21(25-12-15(2)29-19-9-5-7-17(22)11-19)26-13-16-6-4-8-18(10-16)28-14-20(23)27/h4-11,15H,3,12-14H2,1-2H3,(H2,23,27)(H2,24,25,26). The minimum atomic E-state index is -0.526. The van der Waals surface area contributed by atoms with Gasteiger partial charge in [0.2, 0.25) is 0 Å². The maximum atomic E-state index is 13.3. The van der Waals surface area contributed by atoms with Crippen LogP contribution in [-0.2, 0) is 11.3 Å². The van der Waals surface area contributed by atoms with Crippen molar-refractivity contribution in [2.75, 3.05) is 19.7 Å². The van der Waals surface area contributed by atoms with E-state index in [1.807, 2.05) is 32.0 Å². The Balaban J connectivity index is 1.90. The fourth-order valence-electron chi connectivity index (χ4n) is 2.45. The van der Waals surface area contributed by atoms with Crippen LogP contribution in [0.25, 0.3) is 0 Å². The van der Waals surface area contributed by atoms with E-state index >= 15 is 0 Å². The third-order valence-corrected chi connectivity index (χ3v) is 3.73. The molecule has 0 heterocycles. The summed E-state index contributed by atoms with van der Waals surface area (Å²) < 4.78 is 24.3. The summed E-state index contributed by atoms with van der Waals surface area (Å²) in [5.41, 5.74) is 6.02. The molecule has 2 rings (SSSR count). The number of hydrogen-bond acceptors (Lipinski definition) is 4. The van der Waals surface area contributed by atoms with Gasteiger partial charge in [0.1, 0.15) is 23.4 Å². The first-order chi connectivity index (χ1) is 14.0. The lowest BCUT2D eigenvalue weighted by Gasteiger charge is -2.17. The third kappa shape index (κ3) is 8.50. The number of nitrogens with zero attached hydrogens (tertiary/aromatic N) is 1. The number of amides is 1. The molecule has 156 valence electrons. The lowest BCUT2D eigenvalue weighted by atomic mass is 10.2. The molecule has 0 saturated heterocycles. The van der Waals surface area contributed by atoms with E-state index in [2.05, 4.69) is 15.6 Å². The Morgan fingerprint density at radius 2 is 1.93 bits per heavy atom. The summed E-state index contributed by atoms with van der Waals surface area (Å²) >= 11 is 0. The molecule has 7 nitrogen and oxygen atoms in total. The van der Waals surface area contributed by atoms with Crippen molar-refractivity contribution < 1.29 is 18.7 Å². The van der Waals surface area contributed by atoms with Crippen LogP contribution in [0.15, 0.2) is 53.5 Å². The van der Waals surface area contributed by atoms with E-state index in [4.69, 9.17) is 15.2 Å². The van der Waals surface area contributed by atoms with E-state index in [0.717, 1.165) is 5.56 Å². The largest absolute Gasteiger partial charge is 0.489 e. The van der Waals surface area contributed by atoms with Gasteiger partial charge in [0.25, 0.3) is 5.91 Å². The summed E-state index contributed by atoms with van der Waals surface area (Å²) in [5, 5.41) is 6.37. The first kappa shape index (κ1) is 22.0. The van der Waals surface area contributed by atoms with E-state index in [-0.39, 0.29) is 18.5 Å². The number of carbonyl (C=O) groups excluding carboxylic acids is 1. The molecule has 0 aliphatic rings. The van der Waals surface area contributed by atoms with E-state index < -0.39 is 5.91 Å². The van der Waals surface area contributed by atoms with Crippen molar-refractivity contribution in [3.63, 3.8) is 0 Å². The molecule has 0 bridgehead atoms. The molecule has 0 aliphatic carbocycles. The Hall–Kier alpha value is -3.29. The smallest absolute Gasteiger partial charge is 0.255 e. The SMILES string of the molecule is CCNC(=NCc1cccc(OCC(N)=O)c1)NCC(C)Oc1cccc(F)c1. The van der Waals surface area contributed by atoms with Gasteiger partial charge in [0.05, 0.1) is 13.1 Å². The Labute approximate surface area is 170 Å². The molecule has 0 saturated carbocycles. The number of guanidine groups is 1. The Morgan fingerprint density at radius 1 is 1.17 bits per heavy atom. The molecule has 4 N–H and O–H groups in total. The number of benzene rings is 2. The molecule has 2 aromatic rings. The van der Waals surface area contributed by atoms with Gasteiger partial charge in [-0.1, -0.05) is 18.2 Å². The van der Waals surface area contributed by atoms with Gasteiger partial charge >= 0.3 is 0 Å². The fourth-order valence-corrected chi connectivity index (χ4v) is 2.45. The van der Waals surface area contributed by atoms with E-state index in [9.17, 15) is 9.18 Å². The summed E-state index contributed by atoms with van der Waals surface area (Å²) in [5.74, 6) is 0.812. The molecular formula is C21H27FN4O3. The molecule has 29 heavy (non-hydrogen) atoms. The van der Waals surface area contributed by atoms with Crippen LogP contribution in [0.4, 0.5) is 4.39 Å². The minimum Gasteiger partial charge on any atom is -0.489 e. The van der Waals surface area contributed by atoms with Crippen molar-refractivity contribution in [3.05, 3.63) is 59.9 Å². The van der Waals surface area contributed by atoms with Crippen molar-refractivity contribution in [2.45, 2.75) is 26.5 Å². The summed E-state index contributed by atoms with van der Waals surface area (Å²) in [6, 6.07) is 13.4. The number of primary amides is 1. The molecule has 1 unspecified atom stereocenters. The van der Waals surface area contributed by atoms with Gasteiger partial charge in [-0.25, -0.2) is 9.38 Å². The number of ether oxygens (including phenoxy) is 2. The maximum Gasteiger partial charge on any atom is 0.255 e. The maximum absolute atomic E-state index is 13.3. The van der Waals surface area contributed by atoms with Gasteiger partial charge in [0.15, 0.2) is 12.6 Å². The summed E-state index contributed by atoms with van der Waals surface area (Å²) in [6.07, 6.45) is -0.189. The van der Waals surface area contributed by atoms with Crippen LogP contribution in [0, 0.1) is 5.82 Å². The van der Waals surface area contributed by atoms with Crippen molar-refractivity contribution in [2.24, 2.45) is 10.7 Å². The predicted octanol–water partition coefficient (Wildman–Crippen LogP) is 2.21. The molecule has 0 radical (unpaired) electrons. The Kier molecular flexibility index (Phi) is 8.75. The molecule has 2 aromatic carbocycles. The first-order valence-electron chi connectivity index (χ1n) is 9.40. The molecule has 0 aromatic heterocycles. The zero-order chi connectivity index (χ0) is 21.1. The molecule has 8 heteroatoms. The van der Waals surface area contributed by atoms with Crippen molar-refractivity contribution in [3.8, 4) is 11.5 Å². The second-order valence-electron chi connectivity index (χ2n) is 6.36. The van der Waals surface area contributed by atoms with Crippen LogP contribution in [0.5, 0.6) is 11.5 Å². The highest BCUT2D eigenvalue weighted by atomic mass is 19.1. The van der Waals surface area contributed by atoms with Crippen molar-refractivity contribution >= 4 is 11.9 Å². The molecule has 1 amide bonds. The van der Waals surface area contributed by atoms with Crippen LogP contribution in [-0.4, -0.2) is 37.7 Å². The Bertz CT molecular complexity index is 829. The van der Waals surface area contributed by atoms with Crippen LogP contribution < -0.4 is 25.8 Å². The van der Waals surface area contributed by atoms with Crippen molar-refractivity contribution in [1.29, 1.82) is 0 Å². The normalized spacial score (nSPS) is 12.2. The van der Waals surface area contributed by atoms with Crippen molar-refractivity contribution in [1.82, 2.24) is 10.6 Å². The molecule has 0 spiro atoms. The average molecular weight is 402 g/mol. The molecule has 1 atom stereocenters. The van der Waals surface area contributed by atoms with Gasteiger partial charge in [-0.3, -0.25) is 4.79 Å². The highest BCUT2D eigenvalue weighted by Crippen LogP contribution is 2.14. The zero-order valence-electron chi connectivity index (χ0n) is 16.7. The van der Waals surface area contributed by atoms with Gasteiger partial charge < -0.3 is 25.8 Å². The number of carbonyl (C=O) groups is 1. The highest BCUT2D eigenvalue weighted by molar-refractivity contribution is 5.79. The molecule has 0 aliphatic heterocycles. The van der Waals surface area contributed by atoms with Gasteiger partial charge in [0, 0.05) is 12.6 Å². The highest BCUT2D eigenvalue weighted by Gasteiger charge is 2.07. The van der Waals surface area contributed by atoms with E-state index in [1.165, 1.54) is 12.1 Å². The quantitative estimate of drug-likeness (QED) is 0.418. The third-order valence-electron chi connectivity index (χ3n) is 3.73. The Morgan fingerprint density at radius 3 is 2.66 bits per heavy atom. The minimum absolute atomic E-state index is 0.167. The number of hydrogen-bond donors (Lipinski definition) is 3.